The number of piperazine rings is 1. The molecule has 0 saturated carbocycles. The van der Waals surface area contributed by atoms with Crippen LogP contribution in [-0.4, -0.2) is 47.7 Å². The number of halogens is 1. The minimum atomic E-state index is -3.40. The van der Waals surface area contributed by atoms with Gasteiger partial charge in [0.2, 0.25) is 10.0 Å². The SMILES string of the molecule is CC1CN(S(=O)(=O)c2cnn(C)c2)CC(C)N1.Cl. The fraction of sp³-hybridized carbons (Fsp3) is 0.700. The molecule has 104 valence electrons. The minimum Gasteiger partial charge on any atom is -0.309 e. The Morgan fingerprint density at radius 2 is 1.89 bits per heavy atom. The summed E-state index contributed by atoms with van der Waals surface area (Å²) in [6.45, 7) is 4.98. The number of hydrogen-bond donors (Lipinski definition) is 1. The predicted octanol–water partition coefficient (Wildman–Crippen LogP) is 0.213. The first-order valence-corrected chi connectivity index (χ1v) is 7.08. The van der Waals surface area contributed by atoms with Gasteiger partial charge < -0.3 is 5.32 Å². The second-order valence-corrected chi connectivity index (χ2v) is 6.58. The quantitative estimate of drug-likeness (QED) is 0.847. The van der Waals surface area contributed by atoms with E-state index in [4.69, 9.17) is 0 Å². The molecule has 1 saturated heterocycles. The lowest BCUT2D eigenvalue weighted by atomic mass is 10.2. The molecule has 1 fully saturated rings. The molecule has 0 aromatic carbocycles. The molecule has 1 N–H and O–H groups in total. The molecule has 2 unspecified atom stereocenters. The molecule has 8 heteroatoms. The van der Waals surface area contributed by atoms with Crippen LogP contribution in [0, 0.1) is 0 Å². The summed E-state index contributed by atoms with van der Waals surface area (Å²) in [6, 6.07) is 0.343. The molecule has 1 aliphatic rings. The molecule has 0 bridgehead atoms. The third-order valence-corrected chi connectivity index (χ3v) is 4.63. The zero-order valence-corrected chi connectivity index (χ0v) is 12.3. The standard InChI is InChI=1S/C10H18N4O2S.ClH/c1-8-5-14(6-9(2)12-8)17(15,16)10-4-11-13(3)7-10;/h4,7-9,12H,5-6H2,1-3H3;1H. The van der Waals surface area contributed by atoms with Crippen molar-refractivity contribution < 1.29 is 8.42 Å². The Morgan fingerprint density at radius 3 is 2.33 bits per heavy atom. The van der Waals surface area contributed by atoms with Crippen LogP contribution in [-0.2, 0) is 17.1 Å². The Morgan fingerprint density at radius 1 is 1.33 bits per heavy atom. The van der Waals surface area contributed by atoms with Gasteiger partial charge in [-0.05, 0) is 13.8 Å². The van der Waals surface area contributed by atoms with E-state index >= 15 is 0 Å². The second kappa shape index (κ2) is 5.56. The average Bonchev–Trinajstić information content (AvgIpc) is 2.64. The molecule has 2 heterocycles. The molecule has 0 radical (unpaired) electrons. The van der Waals surface area contributed by atoms with Gasteiger partial charge in [-0.15, -0.1) is 12.4 Å². The summed E-state index contributed by atoms with van der Waals surface area (Å²) in [5.41, 5.74) is 0. The normalized spacial score (nSPS) is 25.7. The number of aryl methyl sites for hydroxylation is 1. The highest BCUT2D eigenvalue weighted by atomic mass is 35.5. The van der Waals surface area contributed by atoms with E-state index < -0.39 is 10.0 Å². The molecule has 1 aliphatic heterocycles. The lowest BCUT2D eigenvalue weighted by Crippen LogP contribution is -2.55. The minimum absolute atomic E-state index is 0. The van der Waals surface area contributed by atoms with E-state index in [2.05, 4.69) is 10.4 Å². The summed E-state index contributed by atoms with van der Waals surface area (Å²) in [5, 5.41) is 7.22. The van der Waals surface area contributed by atoms with E-state index in [9.17, 15) is 8.42 Å². The van der Waals surface area contributed by atoms with E-state index in [1.165, 1.54) is 21.4 Å². The number of nitrogens with zero attached hydrogens (tertiary/aromatic N) is 3. The van der Waals surface area contributed by atoms with E-state index in [1.54, 1.807) is 7.05 Å². The highest BCUT2D eigenvalue weighted by Gasteiger charge is 2.31. The highest BCUT2D eigenvalue weighted by Crippen LogP contribution is 2.17. The summed E-state index contributed by atoms with van der Waals surface area (Å²) in [7, 11) is -1.69. The summed E-state index contributed by atoms with van der Waals surface area (Å²) in [6.07, 6.45) is 2.93. The van der Waals surface area contributed by atoms with Gasteiger partial charge in [0, 0.05) is 38.4 Å². The first-order valence-electron chi connectivity index (χ1n) is 5.64. The Hall–Kier alpha value is -0.630. The van der Waals surface area contributed by atoms with Gasteiger partial charge in [-0.2, -0.15) is 9.40 Å². The maximum atomic E-state index is 12.3. The molecule has 0 aliphatic carbocycles. The van der Waals surface area contributed by atoms with Gasteiger partial charge in [-0.25, -0.2) is 8.42 Å². The maximum absolute atomic E-state index is 12.3. The smallest absolute Gasteiger partial charge is 0.246 e. The van der Waals surface area contributed by atoms with Crippen molar-refractivity contribution in [2.75, 3.05) is 13.1 Å². The van der Waals surface area contributed by atoms with Gasteiger partial charge in [-0.1, -0.05) is 0 Å². The van der Waals surface area contributed by atoms with Crippen molar-refractivity contribution in [3.05, 3.63) is 12.4 Å². The van der Waals surface area contributed by atoms with E-state index in [-0.39, 0.29) is 29.4 Å². The number of nitrogens with one attached hydrogen (secondary N) is 1. The third kappa shape index (κ3) is 3.03. The van der Waals surface area contributed by atoms with Crippen LogP contribution in [0.25, 0.3) is 0 Å². The lowest BCUT2D eigenvalue weighted by molar-refractivity contribution is 0.263. The summed E-state index contributed by atoms with van der Waals surface area (Å²) >= 11 is 0. The molecular formula is C10H19ClN4O2S. The van der Waals surface area contributed by atoms with Crippen LogP contribution in [0.2, 0.25) is 0 Å². The van der Waals surface area contributed by atoms with Crippen molar-refractivity contribution in [2.45, 2.75) is 30.8 Å². The average molecular weight is 295 g/mol. The Kier molecular flexibility index (Phi) is 4.77. The van der Waals surface area contributed by atoms with Crippen molar-refractivity contribution in [3.63, 3.8) is 0 Å². The van der Waals surface area contributed by atoms with Gasteiger partial charge in [0.15, 0.2) is 0 Å². The van der Waals surface area contributed by atoms with E-state index in [0.29, 0.717) is 13.1 Å². The molecular weight excluding hydrogens is 276 g/mol. The van der Waals surface area contributed by atoms with Crippen LogP contribution in [0.3, 0.4) is 0 Å². The number of rotatable bonds is 2. The zero-order chi connectivity index (χ0) is 12.6. The van der Waals surface area contributed by atoms with E-state index in [0.717, 1.165) is 0 Å². The van der Waals surface area contributed by atoms with Crippen LogP contribution in [0.4, 0.5) is 0 Å². The molecule has 1 aromatic rings. The predicted molar refractivity (Wildman–Crippen MR) is 71.3 cm³/mol. The van der Waals surface area contributed by atoms with Gasteiger partial charge in [0.1, 0.15) is 4.90 Å². The van der Waals surface area contributed by atoms with Gasteiger partial charge in [0.25, 0.3) is 0 Å². The van der Waals surface area contributed by atoms with Crippen LogP contribution in [0.5, 0.6) is 0 Å². The topological polar surface area (TPSA) is 67.2 Å². The van der Waals surface area contributed by atoms with Crippen molar-refractivity contribution in [1.29, 1.82) is 0 Å². The van der Waals surface area contributed by atoms with Gasteiger partial charge >= 0.3 is 0 Å². The number of aromatic nitrogens is 2. The molecule has 18 heavy (non-hydrogen) atoms. The fourth-order valence-corrected chi connectivity index (χ4v) is 3.76. The van der Waals surface area contributed by atoms with Crippen LogP contribution in [0.1, 0.15) is 13.8 Å². The fourth-order valence-electron chi connectivity index (χ4n) is 2.15. The third-order valence-electron chi connectivity index (χ3n) is 2.84. The second-order valence-electron chi connectivity index (χ2n) is 4.64. The summed E-state index contributed by atoms with van der Waals surface area (Å²) in [5.74, 6) is 0. The Balaban J connectivity index is 0.00000162. The number of sulfonamides is 1. The number of hydrogen-bond acceptors (Lipinski definition) is 4. The van der Waals surface area contributed by atoms with Crippen LogP contribution < -0.4 is 5.32 Å². The van der Waals surface area contributed by atoms with Gasteiger partial charge in [-0.3, -0.25) is 4.68 Å². The van der Waals surface area contributed by atoms with Crippen molar-refractivity contribution in [1.82, 2.24) is 19.4 Å². The van der Waals surface area contributed by atoms with Crippen molar-refractivity contribution in [2.24, 2.45) is 7.05 Å². The molecule has 2 rings (SSSR count). The Bertz CT molecular complexity index is 492. The Labute approximate surface area is 114 Å². The maximum Gasteiger partial charge on any atom is 0.246 e. The molecule has 2 atom stereocenters. The first-order chi connectivity index (χ1) is 7.89. The molecule has 0 spiro atoms. The molecule has 0 amide bonds. The van der Waals surface area contributed by atoms with Crippen molar-refractivity contribution in [3.8, 4) is 0 Å². The van der Waals surface area contributed by atoms with E-state index in [1.807, 2.05) is 13.8 Å². The zero-order valence-electron chi connectivity index (χ0n) is 10.7. The monoisotopic (exact) mass is 294 g/mol. The largest absolute Gasteiger partial charge is 0.309 e. The molecule has 1 aromatic heterocycles. The van der Waals surface area contributed by atoms with Gasteiger partial charge in [0.05, 0.1) is 6.20 Å². The lowest BCUT2D eigenvalue weighted by Gasteiger charge is -2.34. The molecule has 6 nitrogen and oxygen atoms in total. The summed E-state index contributed by atoms with van der Waals surface area (Å²) in [4.78, 5) is 0.265. The van der Waals surface area contributed by atoms with Crippen LogP contribution >= 0.6 is 12.4 Å². The van der Waals surface area contributed by atoms with Crippen LogP contribution in [0.15, 0.2) is 17.3 Å². The first kappa shape index (κ1) is 15.4. The van der Waals surface area contributed by atoms with Crippen molar-refractivity contribution >= 4 is 22.4 Å². The highest BCUT2D eigenvalue weighted by molar-refractivity contribution is 7.89. The summed E-state index contributed by atoms with van der Waals surface area (Å²) < 4.78 is 27.7.